The number of alkyl halides is 3. The Morgan fingerprint density at radius 2 is 2.03 bits per heavy atom. The molecule has 10 heteroatoms. The van der Waals surface area contributed by atoms with Crippen LogP contribution in [0.5, 0.6) is 0 Å². The summed E-state index contributed by atoms with van der Waals surface area (Å²) in [6.07, 6.45) is -4.51. The number of anilines is 1. The molecule has 3 rings (SSSR count). The van der Waals surface area contributed by atoms with Crippen LogP contribution >= 0.6 is 12.4 Å². The zero-order chi connectivity index (χ0) is 20.3. The van der Waals surface area contributed by atoms with Gasteiger partial charge in [-0.2, -0.15) is 13.2 Å². The molecule has 1 fully saturated rings. The van der Waals surface area contributed by atoms with Gasteiger partial charge in [0.1, 0.15) is 11.5 Å². The van der Waals surface area contributed by atoms with E-state index in [1.165, 1.54) is 6.07 Å². The SMILES string of the molecule is Cl.NCc1cc(NCc2cccc(C(=O)N3CC[C@H](O)C3)c2)nc(C(F)(F)F)c1. The maximum Gasteiger partial charge on any atom is 0.433 e. The Hall–Kier alpha value is -2.36. The minimum Gasteiger partial charge on any atom is -0.391 e. The zero-order valence-corrected chi connectivity index (χ0v) is 16.3. The van der Waals surface area contributed by atoms with Gasteiger partial charge in [0.2, 0.25) is 0 Å². The number of pyridine rings is 1. The summed E-state index contributed by atoms with van der Waals surface area (Å²) in [5.41, 5.74) is 5.98. The monoisotopic (exact) mass is 430 g/mol. The van der Waals surface area contributed by atoms with Crippen molar-refractivity contribution in [2.45, 2.75) is 31.8 Å². The van der Waals surface area contributed by atoms with E-state index in [0.717, 1.165) is 11.6 Å². The Labute approximate surface area is 172 Å². The number of rotatable bonds is 5. The van der Waals surface area contributed by atoms with Gasteiger partial charge in [0, 0.05) is 31.7 Å². The number of halogens is 4. The molecule has 0 aliphatic carbocycles. The van der Waals surface area contributed by atoms with Crippen LogP contribution in [0.15, 0.2) is 36.4 Å². The zero-order valence-electron chi connectivity index (χ0n) is 15.4. The predicted octanol–water partition coefficient (Wildman–Crippen LogP) is 2.80. The van der Waals surface area contributed by atoms with Gasteiger partial charge in [0.25, 0.3) is 5.91 Å². The van der Waals surface area contributed by atoms with Gasteiger partial charge in [-0.25, -0.2) is 4.98 Å². The van der Waals surface area contributed by atoms with E-state index >= 15 is 0 Å². The van der Waals surface area contributed by atoms with Crippen molar-refractivity contribution in [3.8, 4) is 0 Å². The van der Waals surface area contributed by atoms with Gasteiger partial charge in [-0.05, 0) is 41.8 Å². The van der Waals surface area contributed by atoms with Gasteiger partial charge >= 0.3 is 6.18 Å². The number of aromatic nitrogens is 1. The van der Waals surface area contributed by atoms with Crippen molar-refractivity contribution in [1.82, 2.24) is 9.88 Å². The Morgan fingerprint density at radius 3 is 2.66 bits per heavy atom. The number of amides is 1. The minimum atomic E-state index is -4.56. The molecule has 1 aliphatic rings. The normalized spacial score (nSPS) is 16.4. The Bertz CT molecular complexity index is 864. The average Bonchev–Trinajstić information content (AvgIpc) is 3.11. The fourth-order valence-corrected chi connectivity index (χ4v) is 3.06. The van der Waals surface area contributed by atoms with E-state index in [1.54, 1.807) is 29.2 Å². The smallest absolute Gasteiger partial charge is 0.391 e. The highest BCUT2D eigenvalue weighted by Crippen LogP contribution is 2.29. The standard InChI is InChI=1S/C19H21F3N4O2.ClH/c20-19(21,22)16-7-13(9-23)8-17(25-16)24-10-12-2-1-3-14(6-12)18(28)26-5-4-15(27)11-26;/h1-3,6-8,15,27H,4-5,9-11,23H2,(H,24,25);1H/t15-;/m0./s1. The van der Waals surface area contributed by atoms with Crippen molar-refractivity contribution in [3.05, 3.63) is 58.8 Å². The number of aliphatic hydroxyl groups excluding tert-OH is 1. The van der Waals surface area contributed by atoms with Crippen LogP contribution in [0.2, 0.25) is 0 Å². The molecule has 0 bridgehead atoms. The number of nitrogens with one attached hydrogen (secondary N) is 1. The highest BCUT2D eigenvalue weighted by atomic mass is 35.5. The second-order valence-corrected chi connectivity index (χ2v) is 6.70. The lowest BCUT2D eigenvalue weighted by Gasteiger charge is -2.16. The Morgan fingerprint density at radius 1 is 1.28 bits per heavy atom. The topological polar surface area (TPSA) is 91.5 Å². The van der Waals surface area contributed by atoms with Crippen LogP contribution in [0.4, 0.5) is 19.0 Å². The van der Waals surface area contributed by atoms with Gasteiger partial charge in [-0.1, -0.05) is 12.1 Å². The first-order chi connectivity index (χ1) is 13.3. The van der Waals surface area contributed by atoms with Crippen LogP contribution in [-0.2, 0) is 19.3 Å². The molecule has 1 amide bonds. The van der Waals surface area contributed by atoms with Gasteiger partial charge in [-0.3, -0.25) is 4.79 Å². The number of nitrogens with zero attached hydrogens (tertiary/aromatic N) is 2. The van der Waals surface area contributed by atoms with Gasteiger partial charge < -0.3 is 21.1 Å². The highest BCUT2D eigenvalue weighted by Gasteiger charge is 2.33. The van der Waals surface area contributed by atoms with E-state index in [-0.39, 0.29) is 37.2 Å². The highest BCUT2D eigenvalue weighted by molar-refractivity contribution is 5.94. The number of aliphatic hydroxyl groups is 1. The maximum absolute atomic E-state index is 13.0. The number of β-amino-alcohol motifs (C(OH)–C–C–N with tert-alkyl or cyclic N) is 1. The van der Waals surface area contributed by atoms with Crippen molar-refractivity contribution in [2.24, 2.45) is 5.73 Å². The Kier molecular flexibility index (Phi) is 7.45. The second-order valence-electron chi connectivity index (χ2n) is 6.70. The number of nitrogens with two attached hydrogens (primary N) is 1. The maximum atomic E-state index is 13.0. The lowest BCUT2D eigenvalue weighted by molar-refractivity contribution is -0.141. The number of likely N-dealkylation sites (tertiary alicyclic amines) is 1. The third kappa shape index (κ3) is 5.81. The average molecular weight is 431 g/mol. The largest absolute Gasteiger partial charge is 0.433 e. The quantitative estimate of drug-likeness (QED) is 0.678. The summed E-state index contributed by atoms with van der Waals surface area (Å²) in [6.45, 7) is 0.962. The molecule has 29 heavy (non-hydrogen) atoms. The van der Waals surface area contributed by atoms with Gasteiger partial charge in [0.15, 0.2) is 0 Å². The summed E-state index contributed by atoms with van der Waals surface area (Å²) in [5.74, 6) is -0.115. The first-order valence-corrected chi connectivity index (χ1v) is 8.84. The summed E-state index contributed by atoms with van der Waals surface area (Å²) < 4.78 is 38.9. The molecule has 1 aromatic heterocycles. The number of carbonyl (C=O) groups is 1. The van der Waals surface area contributed by atoms with Crippen molar-refractivity contribution >= 4 is 24.1 Å². The van der Waals surface area contributed by atoms with Crippen molar-refractivity contribution in [2.75, 3.05) is 18.4 Å². The van der Waals surface area contributed by atoms with Crippen LogP contribution in [-0.4, -0.2) is 40.1 Å². The van der Waals surface area contributed by atoms with Crippen LogP contribution in [0.1, 0.15) is 33.6 Å². The molecule has 1 aromatic carbocycles. The van der Waals surface area contributed by atoms with Gasteiger partial charge in [-0.15, -0.1) is 12.4 Å². The fraction of sp³-hybridized carbons (Fsp3) is 0.368. The van der Waals surface area contributed by atoms with E-state index in [9.17, 15) is 23.1 Å². The molecule has 0 spiro atoms. The van der Waals surface area contributed by atoms with Crippen molar-refractivity contribution < 1.29 is 23.1 Å². The summed E-state index contributed by atoms with van der Waals surface area (Å²) in [7, 11) is 0. The van der Waals surface area contributed by atoms with E-state index in [2.05, 4.69) is 10.3 Å². The summed E-state index contributed by atoms with van der Waals surface area (Å²) in [4.78, 5) is 17.7. The second kappa shape index (κ2) is 9.43. The number of carbonyl (C=O) groups excluding carboxylic acids is 1. The minimum absolute atomic E-state index is 0. The first kappa shape index (κ1) is 22.9. The van der Waals surface area contributed by atoms with E-state index < -0.39 is 18.0 Å². The van der Waals surface area contributed by atoms with Crippen LogP contribution in [0.3, 0.4) is 0 Å². The summed E-state index contributed by atoms with van der Waals surface area (Å²) >= 11 is 0. The molecule has 0 radical (unpaired) electrons. The number of hydrogen-bond acceptors (Lipinski definition) is 5. The van der Waals surface area contributed by atoms with Crippen LogP contribution in [0, 0.1) is 0 Å². The molecule has 0 saturated carbocycles. The lowest BCUT2D eigenvalue weighted by atomic mass is 10.1. The third-order valence-electron chi connectivity index (χ3n) is 4.51. The molecule has 6 nitrogen and oxygen atoms in total. The van der Waals surface area contributed by atoms with Crippen LogP contribution in [0.25, 0.3) is 0 Å². The molecular formula is C19H22ClF3N4O2. The van der Waals surface area contributed by atoms with E-state index in [4.69, 9.17) is 5.73 Å². The first-order valence-electron chi connectivity index (χ1n) is 8.84. The van der Waals surface area contributed by atoms with Crippen molar-refractivity contribution in [1.29, 1.82) is 0 Å². The van der Waals surface area contributed by atoms with E-state index in [0.29, 0.717) is 30.6 Å². The molecular weight excluding hydrogens is 409 g/mol. The molecule has 1 aliphatic heterocycles. The summed E-state index contributed by atoms with van der Waals surface area (Å²) in [6, 6.07) is 9.22. The molecule has 1 atom stereocenters. The summed E-state index contributed by atoms with van der Waals surface area (Å²) in [5, 5.41) is 12.4. The molecule has 4 N–H and O–H groups in total. The lowest BCUT2D eigenvalue weighted by Crippen LogP contribution is -2.29. The molecule has 1 saturated heterocycles. The molecule has 2 aromatic rings. The number of hydrogen-bond donors (Lipinski definition) is 3. The Balaban J connectivity index is 0.00000300. The molecule has 0 unspecified atom stereocenters. The molecule has 158 valence electrons. The third-order valence-corrected chi connectivity index (χ3v) is 4.51. The van der Waals surface area contributed by atoms with Crippen LogP contribution < -0.4 is 11.1 Å². The van der Waals surface area contributed by atoms with Gasteiger partial charge in [0.05, 0.1) is 6.10 Å². The van der Waals surface area contributed by atoms with E-state index in [1.807, 2.05) is 0 Å². The van der Waals surface area contributed by atoms with Crippen molar-refractivity contribution in [3.63, 3.8) is 0 Å². The predicted molar refractivity (Wildman–Crippen MR) is 105 cm³/mol. The fourth-order valence-electron chi connectivity index (χ4n) is 3.06. The molecule has 2 heterocycles. The number of benzene rings is 1.